The first kappa shape index (κ1) is 38.9. The molecule has 0 aliphatic heterocycles. The van der Waals surface area contributed by atoms with E-state index in [-0.39, 0.29) is 0 Å². The van der Waals surface area contributed by atoms with Crippen molar-refractivity contribution in [3.05, 3.63) is 81.9 Å². The van der Waals surface area contributed by atoms with Gasteiger partial charge in [0, 0.05) is 89.5 Å². The van der Waals surface area contributed by atoms with Crippen LogP contribution in [0.2, 0.25) is 0 Å². The molecule has 8 fully saturated rings. The summed E-state index contributed by atoms with van der Waals surface area (Å²) in [4.78, 5) is 22.7. The highest BCUT2D eigenvalue weighted by molar-refractivity contribution is 6.38. The lowest BCUT2D eigenvalue weighted by Gasteiger charge is -2.38. The van der Waals surface area contributed by atoms with Crippen LogP contribution in [-0.2, 0) is 0 Å². The van der Waals surface area contributed by atoms with Gasteiger partial charge in [-0.25, -0.2) is 0 Å². The molecule has 9 aromatic heterocycles. The van der Waals surface area contributed by atoms with Crippen LogP contribution in [0.15, 0.2) is 41.3 Å². The smallest absolute Gasteiger partial charge is 0.145 e. The highest BCUT2D eigenvalue weighted by Gasteiger charge is 2.50. The van der Waals surface area contributed by atoms with Gasteiger partial charge in [-0.15, -0.1) is 0 Å². The predicted octanol–water partition coefficient (Wildman–Crippen LogP) is 17.0. The third-order valence-corrected chi connectivity index (χ3v) is 25.7. The van der Waals surface area contributed by atoms with Crippen molar-refractivity contribution >= 4 is 98.1 Å². The second-order valence-corrected chi connectivity index (χ2v) is 29.3. The number of fused-ring (bicyclic) bond motifs is 17. The third kappa shape index (κ3) is 4.39. The molecule has 0 amide bonds. The Hall–Kier alpha value is -5.56. The summed E-state index contributed by atoms with van der Waals surface area (Å²) in [6.45, 7) is 0. The Labute approximate surface area is 434 Å². The molecule has 27 rings (SSSR count). The fourth-order valence-electron chi connectivity index (χ4n) is 24.2. The van der Waals surface area contributed by atoms with E-state index in [2.05, 4.69) is 45.7 Å². The molecule has 16 aliphatic carbocycles. The van der Waals surface area contributed by atoms with E-state index >= 15 is 0 Å². The lowest BCUT2D eigenvalue weighted by atomic mass is 9.67. The Morgan fingerprint density at radius 1 is 0.293 bits per heavy atom. The zero-order valence-electron chi connectivity index (χ0n) is 42.9. The number of pyridine rings is 4. The van der Waals surface area contributed by atoms with E-state index in [1.165, 1.54) is 238 Å². The number of benzene rings is 2. The zero-order chi connectivity index (χ0) is 47.3. The molecule has 0 saturated heterocycles. The molecule has 7 nitrogen and oxygen atoms in total. The normalized spacial score (nSPS) is 37.3. The standard InChI is InChI=1S/C68H62N6O/c1-27-5-35-6-28(1)14-39(13-27)61-51(35)55-45-21-43-44-22-46-56-48(24-70-62-40-15-29-2-30(16-40)8-36(7-29)52(56)62)74-50-26-72-64-42-19-33-4-34(20-42)12-38(11-33)54(64)58(50)60(66(46)74)68(44)75-67(43)59-57-49(73(65(45)59)47(55)23-69-61)25-71-63-41-17-31-3-32(18-41)10-37(9-31)53(57)63/h21-42H,1-20H2. The van der Waals surface area contributed by atoms with Gasteiger partial charge in [0.2, 0.25) is 0 Å². The van der Waals surface area contributed by atoms with Gasteiger partial charge in [0.1, 0.15) is 11.2 Å². The van der Waals surface area contributed by atoms with E-state index in [1.54, 1.807) is 22.3 Å². The van der Waals surface area contributed by atoms with Crippen LogP contribution in [0, 0.1) is 47.3 Å². The van der Waals surface area contributed by atoms with Crippen molar-refractivity contribution in [2.24, 2.45) is 47.3 Å². The molecule has 11 aromatic rings. The van der Waals surface area contributed by atoms with Crippen molar-refractivity contribution in [3.63, 3.8) is 0 Å². The summed E-state index contributed by atoms with van der Waals surface area (Å²) in [6.07, 6.45) is 36.4. The summed E-state index contributed by atoms with van der Waals surface area (Å²) < 4.78 is 13.5. The van der Waals surface area contributed by atoms with Crippen molar-refractivity contribution < 1.29 is 4.42 Å². The third-order valence-electron chi connectivity index (χ3n) is 25.7. The topological polar surface area (TPSA) is 73.5 Å². The Bertz CT molecular complexity index is 4210. The summed E-state index contributed by atoms with van der Waals surface area (Å²) in [5, 5.41) is 14.3. The number of hydrogen-bond acceptors (Lipinski definition) is 5. The summed E-state index contributed by atoms with van der Waals surface area (Å²) in [7, 11) is 0. The quantitative estimate of drug-likeness (QED) is 0.151. The minimum Gasteiger partial charge on any atom is -0.455 e. The number of rotatable bonds is 0. The fourth-order valence-corrected chi connectivity index (χ4v) is 24.2. The van der Waals surface area contributed by atoms with Gasteiger partial charge in [-0.2, -0.15) is 0 Å². The van der Waals surface area contributed by atoms with E-state index in [1.807, 2.05) is 0 Å². The first-order valence-electron chi connectivity index (χ1n) is 30.9. The van der Waals surface area contributed by atoms with Gasteiger partial charge in [-0.3, -0.25) is 19.9 Å². The average Bonchev–Trinajstić information content (AvgIpc) is 4.25. The van der Waals surface area contributed by atoms with Crippen molar-refractivity contribution in [1.82, 2.24) is 28.7 Å². The maximum absolute atomic E-state index is 8.16. The molecule has 16 bridgehead atoms. The highest BCUT2D eigenvalue weighted by Crippen LogP contribution is 2.65. The van der Waals surface area contributed by atoms with E-state index < -0.39 is 0 Å². The van der Waals surface area contributed by atoms with Crippen LogP contribution >= 0.6 is 0 Å². The minimum absolute atomic E-state index is 0.561. The Morgan fingerprint density at radius 3 is 0.867 bits per heavy atom. The molecule has 75 heavy (non-hydrogen) atoms. The van der Waals surface area contributed by atoms with Crippen LogP contribution in [-0.4, -0.2) is 28.7 Å². The lowest BCUT2D eigenvalue weighted by Crippen LogP contribution is -2.25. The molecule has 8 unspecified atom stereocenters. The molecule has 8 saturated carbocycles. The molecule has 0 radical (unpaired) electrons. The molecule has 16 aliphatic rings. The molecule has 7 heteroatoms. The van der Waals surface area contributed by atoms with Gasteiger partial charge in [0.15, 0.2) is 0 Å². The SMILES string of the molecule is c1c2c3cc4c5c6c(ncc5n5c7cnc8c(c7c(c3oc2c2c3c7c(ncc3n3c9cnc%10c(c9c1c23)C1CC2CC(CC%10C2)C1)C1CC2CC(C1)CC7C2)c45)C1CC2CC(CC8C2)C1)C1CC2CC(C1)CC6C2. The van der Waals surface area contributed by atoms with Crippen molar-refractivity contribution in [2.45, 2.75) is 176 Å². The van der Waals surface area contributed by atoms with Gasteiger partial charge in [0.25, 0.3) is 0 Å². The molecule has 8 atom stereocenters. The molecule has 0 N–H and O–H groups in total. The minimum atomic E-state index is 0.561. The monoisotopic (exact) mass is 978 g/mol. The van der Waals surface area contributed by atoms with E-state index in [9.17, 15) is 0 Å². The van der Waals surface area contributed by atoms with Gasteiger partial charge >= 0.3 is 0 Å². The largest absolute Gasteiger partial charge is 0.455 e. The number of aromatic nitrogens is 6. The van der Waals surface area contributed by atoms with Crippen molar-refractivity contribution in [3.8, 4) is 0 Å². The van der Waals surface area contributed by atoms with Crippen molar-refractivity contribution in [1.29, 1.82) is 0 Å². The van der Waals surface area contributed by atoms with E-state index in [0.717, 1.165) is 58.5 Å². The molecule has 2 aromatic carbocycles. The molecule has 370 valence electrons. The maximum atomic E-state index is 8.16. The zero-order valence-corrected chi connectivity index (χ0v) is 42.9. The summed E-state index contributed by atoms with van der Waals surface area (Å²) >= 11 is 0. The van der Waals surface area contributed by atoms with Gasteiger partial charge in [-0.1, -0.05) is 0 Å². The molecular formula is C68H62N6O. The first-order chi connectivity index (χ1) is 37.0. The van der Waals surface area contributed by atoms with Gasteiger partial charge in [0.05, 0.1) is 68.7 Å². The fraction of sp³-hybridized carbons (Fsp3) is 0.529. The Morgan fingerprint density at radius 2 is 0.560 bits per heavy atom. The highest BCUT2D eigenvalue weighted by atomic mass is 16.3. The van der Waals surface area contributed by atoms with Crippen LogP contribution in [0.4, 0.5) is 0 Å². The van der Waals surface area contributed by atoms with Crippen LogP contribution in [0.3, 0.4) is 0 Å². The summed E-state index contributed by atoms with van der Waals surface area (Å²) in [5.41, 5.74) is 22.5. The Balaban J connectivity index is 0.933. The number of nitrogens with zero attached hydrogens (tertiary/aromatic N) is 6. The lowest BCUT2D eigenvalue weighted by molar-refractivity contribution is 0.165. The first-order valence-corrected chi connectivity index (χ1v) is 30.9. The summed E-state index contributed by atoms with van der Waals surface area (Å²) in [6, 6.07) is 5.40. The van der Waals surface area contributed by atoms with Gasteiger partial charge in [-0.05, 0) is 234 Å². The number of furan rings is 1. The van der Waals surface area contributed by atoms with Crippen LogP contribution in [0.25, 0.3) is 98.1 Å². The average molecular weight is 979 g/mol. The van der Waals surface area contributed by atoms with Crippen molar-refractivity contribution in [2.75, 3.05) is 0 Å². The molecular weight excluding hydrogens is 917 g/mol. The van der Waals surface area contributed by atoms with Crippen LogP contribution in [0.5, 0.6) is 0 Å². The Kier molecular flexibility index (Phi) is 6.51. The van der Waals surface area contributed by atoms with Gasteiger partial charge < -0.3 is 13.2 Å². The summed E-state index contributed by atoms with van der Waals surface area (Å²) in [5.74, 6) is 11.3. The maximum Gasteiger partial charge on any atom is 0.145 e. The van der Waals surface area contributed by atoms with Crippen LogP contribution in [0.1, 0.15) is 221 Å². The molecule has 9 heterocycles. The second kappa shape index (κ2) is 12.6. The molecule has 0 spiro atoms. The van der Waals surface area contributed by atoms with E-state index in [0.29, 0.717) is 47.3 Å². The second-order valence-electron chi connectivity index (χ2n) is 29.3. The predicted molar refractivity (Wildman–Crippen MR) is 296 cm³/mol. The number of hydrogen-bond donors (Lipinski definition) is 0. The van der Waals surface area contributed by atoms with E-state index in [4.69, 9.17) is 24.4 Å². The van der Waals surface area contributed by atoms with Crippen LogP contribution < -0.4 is 0 Å².